The Hall–Kier alpha value is -1.79. The van der Waals surface area contributed by atoms with E-state index < -0.39 is 0 Å². The van der Waals surface area contributed by atoms with Gasteiger partial charge < -0.3 is 15.0 Å². The van der Waals surface area contributed by atoms with E-state index in [1.165, 1.54) is 0 Å². The summed E-state index contributed by atoms with van der Waals surface area (Å²) >= 11 is 5.94. The van der Waals surface area contributed by atoms with Crippen molar-refractivity contribution in [3.8, 4) is 5.75 Å². The highest BCUT2D eigenvalue weighted by molar-refractivity contribution is 6.30. The lowest BCUT2D eigenvalue weighted by Crippen LogP contribution is -2.49. The Morgan fingerprint density at radius 1 is 1.07 bits per heavy atom. The number of benzene rings is 2. The molecule has 0 saturated carbocycles. The molecule has 1 atom stereocenters. The van der Waals surface area contributed by atoms with Gasteiger partial charge >= 0.3 is 0 Å². The van der Waals surface area contributed by atoms with E-state index in [-0.39, 0.29) is 18.3 Å². The van der Waals surface area contributed by atoms with E-state index in [9.17, 15) is 4.79 Å². The molecule has 156 valence electrons. The SMILES string of the molecule is Cl.O=C(c1ccccc1OCc1ccc(Cl)cc1)N1CCC(N2CCNCC2)C1. The number of ether oxygens (including phenoxy) is 1. The van der Waals surface area contributed by atoms with Crippen molar-refractivity contribution in [3.63, 3.8) is 0 Å². The van der Waals surface area contributed by atoms with Crippen LogP contribution in [0.2, 0.25) is 5.02 Å². The molecule has 0 aliphatic carbocycles. The van der Waals surface area contributed by atoms with Crippen molar-refractivity contribution < 1.29 is 9.53 Å². The molecule has 5 nitrogen and oxygen atoms in total. The summed E-state index contributed by atoms with van der Waals surface area (Å²) in [7, 11) is 0. The second-order valence-electron chi connectivity index (χ2n) is 7.39. The predicted molar refractivity (Wildman–Crippen MR) is 118 cm³/mol. The van der Waals surface area contributed by atoms with Crippen molar-refractivity contribution in [2.45, 2.75) is 19.1 Å². The molecular weight excluding hydrogens is 409 g/mol. The monoisotopic (exact) mass is 435 g/mol. The average molecular weight is 436 g/mol. The molecule has 0 bridgehead atoms. The molecule has 1 amide bonds. The van der Waals surface area contributed by atoms with Crippen molar-refractivity contribution in [2.75, 3.05) is 39.3 Å². The van der Waals surface area contributed by atoms with Crippen LogP contribution in [0.5, 0.6) is 5.75 Å². The molecule has 2 aromatic carbocycles. The van der Waals surface area contributed by atoms with Crippen LogP contribution in [0.15, 0.2) is 48.5 Å². The highest BCUT2D eigenvalue weighted by Gasteiger charge is 2.32. The molecule has 2 aliphatic rings. The van der Waals surface area contributed by atoms with Crippen LogP contribution in [0.1, 0.15) is 22.3 Å². The Kier molecular flexibility index (Phi) is 7.78. The number of carbonyl (C=O) groups is 1. The van der Waals surface area contributed by atoms with E-state index >= 15 is 0 Å². The molecule has 1 unspecified atom stereocenters. The third kappa shape index (κ3) is 5.43. The summed E-state index contributed by atoms with van der Waals surface area (Å²) in [5.41, 5.74) is 1.66. The lowest BCUT2D eigenvalue weighted by Gasteiger charge is -2.32. The second-order valence-corrected chi connectivity index (χ2v) is 7.83. The summed E-state index contributed by atoms with van der Waals surface area (Å²) in [4.78, 5) is 17.6. The normalized spacial score (nSPS) is 19.6. The maximum atomic E-state index is 13.1. The molecule has 2 heterocycles. The van der Waals surface area contributed by atoms with E-state index in [2.05, 4.69) is 10.2 Å². The number of nitrogens with zero attached hydrogens (tertiary/aromatic N) is 2. The van der Waals surface area contributed by atoms with E-state index in [4.69, 9.17) is 16.3 Å². The standard InChI is InChI=1S/C22H26ClN3O2.ClH/c23-18-7-5-17(6-8-18)16-28-21-4-2-1-3-20(21)22(27)26-12-9-19(15-26)25-13-10-24-11-14-25;/h1-8,19,24H,9-16H2;1H. The minimum absolute atomic E-state index is 0. The van der Waals surface area contributed by atoms with Crippen LogP contribution in [-0.2, 0) is 6.61 Å². The summed E-state index contributed by atoms with van der Waals surface area (Å²) in [6.45, 7) is 6.20. The van der Waals surface area contributed by atoms with E-state index in [0.29, 0.717) is 29.0 Å². The van der Waals surface area contributed by atoms with Crippen LogP contribution in [0.4, 0.5) is 0 Å². The number of halogens is 2. The third-order valence-electron chi connectivity index (χ3n) is 5.54. The van der Waals surface area contributed by atoms with Gasteiger partial charge in [-0.3, -0.25) is 9.69 Å². The molecule has 29 heavy (non-hydrogen) atoms. The minimum atomic E-state index is 0. The quantitative estimate of drug-likeness (QED) is 0.780. The van der Waals surface area contributed by atoms with E-state index in [0.717, 1.165) is 51.3 Å². The number of piperazine rings is 1. The molecule has 0 aromatic heterocycles. The number of rotatable bonds is 5. The Balaban J connectivity index is 0.00000240. The summed E-state index contributed by atoms with van der Waals surface area (Å²) in [6, 6.07) is 15.6. The van der Waals surface area contributed by atoms with Gasteiger partial charge in [-0.05, 0) is 36.2 Å². The Labute approximate surface area is 183 Å². The lowest BCUT2D eigenvalue weighted by atomic mass is 10.1. The Morgan fingerprint density at radius 2 is 1.79 bits per heavy atom. The summed E-state index contributed by atoms with van der Waals surface area (Å²) in [5, 5.41) is 4.09. The average Bonchev–Trinajstić information content (AvgIpc) is 3.24. The summed E-state index contributed by atoms with van der Waals surface area (Å²) < 4.78 is 5.98. The van der Waals surface area contributed by atoms with Gasteiger partial charge in [-0.2, -0.15) is 0 Å². The number of hydrogen-bond acceptors (Lipinski definition) is 4. The first-order valence-electron chi connectivity index (χ1n) is 9.91. The van der Waals surface area contributed by atoms with Gasteiger partial charge in [0.1, 0.15) is 12.4 Å². The first-order chi connectivity index (χ1) is 13.7. The van der Waals surface area contributed by atoms with Crippen LogP contribution in [0.25, 0.3) is 0 Å². The smallest absolute Gasteiger partial charge is 0.257 e. The zero-order valence-electron chi connectivity index (χ0n) is 16.4. The van der Waals surface area contributed by atoms with Gasteiger partial charge in [0.25, 0.3) is 5.91 Å². The first-order valence-corrected chi connectivity index (χ1v) is 10.3. The number of carbonyl (C=O) groups excluding carboxylic acids is 1. The second kappa shape index (κ2) is 10.3. The van der Waals surface area contributed by atoms with Gasteiger partial charge in [-0.25, -0.2) is 0 Å². The van der Waals surface area contributed by atoms with E-state index in [1.807, 2.05) is 53.4 Å². The number of nitrogens with one attached hydrogen (secondary N) is 1. The molecule has 0 spiro atoms. The van der Waals surface area contributed by atoms with Crippen LogP contribution >= 0.6 is 24.0 Å². The molecule has 0 radical (unpaired) electrons. The van der Waals surface area contributed by atoms with Crippen molar-refractivity contribution >= 4 is 29.9 Å². The third-order valence-corrected chi connectivity index (χ3v) is 5.80. The fraction of sp³-hybridized carbons (Fsp3) is 0.409. The number of para-hydroxylation sites is 1. The number of hydrogen-bond donors (Lipinski definition) is 1. The van der Waals surface area contributed by atoms with Crippen molar-refractivity contribution in [2.24, 2.45) is 0 Å². The van der Waals surface area contributed by atoms with Gasteiger partial charge in [0.15, 0.2) is 0 Å². The molecule has 1 N–H and O–H groups in total. The molecule has 4 rings (SSSR count). The van der Waals surface area contributed by atoms with Crippen molar-refractivity contribution in [1.82, 2.24) is 15.1 Å². The van der Waals surface area contributed by atoms with Gasteiger partial charge in [0.05, 0.1) is 5.56 Å². The van der Waals surface area contributed by atoms with Gasteiger partial charge in [0.2, 0.25) is 0 Å². The van der Waals surface area contributed by atoms with Crippen LogP contribution in [-0.4, -0.2) is 61.0 Å². The minimum Gasteiger partial charge on any atom is -0.488 e. The molecule has 2 saturated heterocycles. The maximum absolute atomic E-state index is 13.1. The maximum Gasteiger partial charge on any atom is 0.257 e. The highest BCUT2D eigenvalue weighted by Crippen LogP contribution is 2.25. The molecule has 2 aromatic rings. The van der Waals surface area contributed by atoms with Crippen LogP contribution in [0, 0.1) is 0 Å². The van der Waals surface area contributed by atoms with Crippen molar-refractivity contribution in [3.05, 3.63) is 64.7 Å². The van der Waals surface area contributed by atoms with Gasteiger partial charge in [-0.1, -0.05) is 35.9 Å². The molecular formula is C22H27Cl2N3O2. The Bertz CT molecular complexity index is 810. The summed E-state index contributed by atoms with van der Waals surface area (Å²) in [5.74, 6) is 0.692. The fourth-order valence-corrected chi connectivity index (χ4v) is 4.08. The lowest BCUT2D eigenvalue weighted by molar-refractivity contribution is 0.0768. The van der Waals surface area contributed by atoms with Gasteiger partial charge in [0, 0.05) is 50.3 Å². The zero-order valence-corrected chi connectivity index (χ0v) is 17.9. The van der Waals surface area contributed by atoms with Crippen molar-refractivity contribution in [1.29, 1.82) is 0 Å². The topological polar surface area (TPSA) is 44.8 Å². The number of likely N-dealkylation sites (tertiary alicyclic amines) is 1. The number of amides is 1. The van der Waals surface area contributed by atoms with Gasteiger partial charge in [-0.15, -0.1) is 12.4 Å². The summed E-state index contributed by atoms with van der Waals surface area (Å²) in [6.07, 6.45) is 1.04. The van der Waals surface area contributed by atoms with E-state index in [1.54, 1.807) is 0 Å². The zero-order chi connectivity index (χ0) is 19.3. The fourth-order valence-electron chi connectivity index (χ4n) is 3.95. The first kappa shape index (κ1) is 21.9. The Morgan fingerprint density at radius 3 is 2.55 bits per heavy atom. The highest BCUT2D eigenvalue weighted by atomic mass is 35.5. The van der Waals surface area contributed by atoms with Crippen LogP contribution in [0.3, 0.4) is 0 Å². The molecule has 2 aliphatic heterocycles. The largest absolute Gasteiger partial charge is 0.488 e. The van der Waals surface area contributed by atoms with Crippen LogP contribution < -0.4 is 10.1 Å². The molecule has 2 fully saturated rings. The predicted octanol–water partition coefficient (Wildman–Crippen LogP) is 3.46. The molecule has 7 heteroatoms.